The molecular weight excluding hydrogens is 240 g/mol. The topological polar surface area (TPSA) is 64.4 Å². The fraction of sp³-hybridized carbons (Fsp3) is 0.273. The van der Waals surface area contributed by atoms with Crippen LogP contribution in [-0.2, 0) is 6.54 Å². The van der Waals surface area contributed by atoms with Crippen LogP contribution in [-0.4, -0.2) is 27.5 Å². The molecule has 0 saturated heterocycles. The summed E-state index contributed by atoms with van der Waals surface area (Å²) in [6.07, 6.45) is 1.79. The number of carboxylic acid groups (broad SMARTS) is 1. The maximum Gasteiger partial charge on any atom is 0.346 e. The minimum Gasteiger partial charge on any atom is -0.481 e. The standard InChI is InChI=1S/C11H10N2O3S/c1-6-5-12-13-2-3-16-11-7(9(6)13)4-8(17-11)10(14)15/h4-5H,2-3H2,1H3,(H,14,15). The van der Waals surface area contributed by atoms with Crippen LogP contribution >= 0.6 is 11.3 Å². The summed E-state index contributed by atoms with van der Waals surface area (Å²) in [5, 5.41) is 13.9. The minimum absolute atomic E-state index is 0.295. The van der Waals surface area contributed by atoms with Gasteiger partial charge >= 0.3 is 5.97 Å². The van der Waals surface area contributed by atoms with E-state index in [-0.39, 0.29) is 0 Å². The van der Waals surface area contributed by atoms with Crippen LogP contribution in [0, 0.1) is 6.92 Å². The van der Waals surface area contributed by atoms with E-state index in [2.05, 4.69) is 5.10 Å². The van der Waals surface area contributed by atoms with Crippen LogP contribution in [0.15, 0.2) is 12.3 Å². The van der Waals surface area contributed by atoms with Gasteiger partial charge < -0.3 is 9.84 Å². The van der Waals surface area contributed by atoms with Crippen molar-refractivity contribution >= 4 is 17.3 Å². The molecule has 2 aromatic rings. The number of rotatable bonds is 1. The van der Waals surface area contributed by atoms with Gasteiger partial charge in [0.2, 0.25) is 0 Å². The maximum absolute atomic E-state index is 11.0. The number of carboxylic acids is 1. The highest BCUT2D eigenvalue weighted by molar-refractivity contribution is 7.16. The summed E-state index contributed by atoms with van der Waals surface area (Å²) in [4.78, 5) is 11.3. The van der Waals surface area contributed by atoms with Gasteiger partial charge in [0.25, 0.3) is 0 Å². The summed E-state index contributed by atoms with van der Waals surface area (Å²) in [7, 11) is 0. The average molecular weight is 250 g/mol. The zero-order chi connectivity index (χ0) is 12.0. The van der Waals surface area contributed by atoms with Crippen molar-refractivity contribution in [2.45, 2.75) is 13.5 Å². The van der Waals surface area contributed by atoms with Crippen LogP contribution < -0.4 is 4.74 Å². The third-order valence-electron chi connectivity index (χ3n) is 2.72. The smallest absolute Gasteiger partial charge is 0.346 e. The first-order valence-electron chi connectivity index (χ1n) is 5.19. The number of ether oxygens (including phenoxy) is 1. The molecule has 3 heterocycles. The molecule has 0 aromatic carbocycles. The number of hydrogen-bond acceptors (Lipinski definition) is 4. The van der Waals surface area contributed by atoms with Gasteiger partial charge in [0.15, 0.2) is 5.06 Å². The molecule has 2 aromatic heterocycles. The highest BCUT2D eigenvalue weighted by atomic mass is 32.1. The van der Waals surface area contributed by atoms with Crippen molar-refractivity contribution in [3.63, 3.8) is 0 Å². The summed E-state index contributed by atoms with van der Waals surface area (Å²) in [6, 6.07) is 1.66. The van der Waals surface area contributed by atoms with Crippen molar-refractivity contribution in [1.82, 2.24) is 9.78 Å². The first kappa shape index (κ1) is 10.3. The molecule has 0 fully saturated rings. The monoisotopic (exact) mass is 250 g/mol. The molecule has 3 rings (SSSR count). The number of fused-ring (bicyclic) bond motifs is 3. The van der Waals surface area contributed by atoms with Crippen LogP contribution in [0.25, 0.3) is 11.3 Å². The third kappa shape index (κ3) is 1.52. The molecule has 1 aliphatic heterocycles. The van der Waals surface area contributed by atoms with Gasteiger partial charge in [-0.1, -0.05) is 11.3 Å². The zero-order valence-corrected chi connectivity index (χ0v) is 9.95. The average Bonchev–Trinajstić information content (AvgIpc) is 2.80. The summed E-state index contributed by atoms with van der Waals surface area (Å²) < 4.78 is 7.43. The Balaban J connectivity index is 2.23. The lowest BCUT2D eigenvalue weighted by atomic mass is 10.1. The van der Waals surface area contributed by atoms with E-state index in [0.717, 1.165) is 16.8 Å². The summed E-state index contributed by atoms with van der Waals surface area (Å²) in [6.45, 7) is 3.17. The Kier molecular flexibility index (Phi) is 2.19. The molecule has 0 atom stereocenters. The Hall–Kier alpha value is -1.82. The van der Waals surface area contributed by atoms with E-state index in [9.17, 15) is 4.79 Å². The highest BCUT2D eigenvalue weighted by Gasteiger charge is 2.23. The largest absolute Gasteiger partial charge is 0.481 e. The Labute approximate surface area is 101 Å². The second kappa shape index (κ2) is 3.59. The molecule has 0 radical (unpaired) electrons. The fourth-order valence-corrected chi connectivity index (χ4v) is 2.85. The quantitative estimate of drug-likeness (QED) is 0.840. The Morgan fingerprint density at radius 1 is 1.65 bits per heavy atom. The molecule has 0 aliphatic carbocycles. The second-order valence-electron chi connectivity index (χ2n) is 3.86. The highest BCUT2D eigenvalue weighted by Crippen LogP contribution is 2.41. The lowest BCUT2D eigenvalue weighted by Crippen LogP contribution is -2.06. The van der Waals surface area contributed by atoms with Crippen molar-refractivity contribution in [1.29, 1.82) is 0 Å². The van der Waals surface area contributed by atoms with Gasteiger partial charge in [0.1, 0.15) is 11.5 Å². The molecule has 0 bridgehead atoms. The predicted octanol–water partition coefficient (Wildman–Crippen LogP) is 2.01. The number of carbonyl (C=O) groups is 1. The van der Waals surface area contributed by atoms with Crippen molar-refractivity contribution in [2.75, 3.05) is 6.61 Å². The molecule has 1 aliphatic rings. The maximum atomic E-state index is 11.0. The first-order valence-corrected chi connectivity index (χ1v) is 6.01. The molecule has 1 N–H and O–H groups in total. The molecule has 17 heavy (non-hydrogen) atoms. The van der Waals surface area contributed by atoms with Gasteiger partial charge in [0.05, 0.1) is 24.0 Å². The van der Waals surface area contributed by atoms with Crippen LogP contribution in [0.4, 0.5) is 0 Å². The van der Waals surface area contributed by atoms with Crippen molar-refractivity contribution in [3.05, 3.63) is 22.7 Å². The number of nitrogens with zero attached hydrogens (tertiary/aromatic N) is 2. The molecule has 88 valence electrons. The van der Waals surface area contributed by atoms with Gasteiger partial charge in [0, 0.05) is 0 Å². The molecule has 0 unspecified atom stereocenters. The summed E-state index contributed by atoms with van der Waals surface area (Å²) in [5.74, 6) is -0.921. The normalized spacial score (nSPS) is 13.5. The molecule has 5 nitrogen and oxygen atoms in total. The summed E-state index contributed by atoms with van der Waals surface area (Å²) in [5.41, 5.74) is 2.83. The zero-order valence-electron chi connectivity index (χ0n) is 9.14. The van der Waals surface area contributed by atoms with Crippen molar-refractivity contribution in [3.8, 4) is 16.3 Å². The number of aryl methyl sites for hydroxylation is 1. The molecule has 0 spiro atoms. The third-order valence-corrected chi connectivity index (χ3v) is 3.76. The van der Waals surface area contributed by atoms with E-state index < -0.39 is 5.97 Å². The number of aromatic nitrogens is 2. The van der Waals surface area contributed by atoms with E-state index in [0.29, 0.717) is 23.1 Å². The lowest BCUT2D eigenvalue weighted by molar-refractivity contribution is 0.0702. The Morgan fingerprint density at radius 2 is 2.47 bits per heavy atom. The predicted molar refractivity (Wildman–Crippen MR) is 62.7 cm³/mol. The number of hydrogen-bond donors (Lipinski definition) is 1. The van der Waals surface area contributed by atoms with Crippen LogP contribution in [0.3, 0.4) is 0 Å². The van der Waals surface area contributed by atoms with Crippen LogP contribution in [0.1, 0.15) is 15.2 Å². The lowest BCUT2D eigenvalue weighted by Gasteiger charge is -2.01. The number of thiophene rings is 1. The van der Waals surface area contributed by atoms with Crippen molar-refractivity contribution in [2.24, 2.45) is 0 Å². The molecule has 0 amide bonds. The van der Waals surface area contributed by atoms with Gasteiger partial charge in [-0.15, -0.1) is 0 Å². The molecular formula is C11H10N2O3S. The Bertz CT molecular complexity index is 600. The Morgan fingerprint density at radius 3 is 3.24 bits per heavy atom. The minimum atomic E-state index is -0.921. The molecule has 6 heteroatoms. The van der Waals surface area contributed by atoms with Crippen LogP contribution in [0.5, 0.6) is 5.06 Å². The number of aromatic carboxylic acids is 1. The van der Waals surface area contributed by atoms with E-state index >= 15 is 0 Å². The van der Waals surface area contributed by atoms with E-state index in [4.69, 9.17) is 9.84 Å². The van der Waals surface area contributed by atoms with Crippen molar-refractivity contribution < 1.29 is 14.6 Å². The van der Waals surface area contributed by atoms with Crippen LogP contribution in [0.2, 0.25) is 0 Å². The molecule has 0 saturated carbocycles. The van der Waals surface area contributed by atoms with Gasteiger partial charge in [-0.3, -0.25) is 4.68 Å². The van der Waals surface area contributed by atoms with E-state index in [1.807, 2.05) is 11.6 Å². The summed E-state index contributed by atoms with van der Waals surface area (Å²) >= 11 is 1.17. The van der Waals surface area contributed by atoms with Gasteiger partial charge in [-0.2, -0.15) is 5.10 Å². The van der Waals surface area contributed by atoms with E-state index in [1.165, 1.54) is 11.3 Å². The van der Waals surface area contributed by atoms with Gasteiger partial charge in [-0.05, 0) is 18.6 Å². The first-order chi connectivity index (χ1) is 8.16. The van der Waals surface area contributed by atoms with Gasteiger partial charge in [-0.25, -0.2) is 4.79 Å². The second-order valence-corrected chi connectivity index (χ2v) is 4.88. The SMILES string of the molecule is Cc1cnn2c1-c1cc(C(=O)O)sc1OCC2. The van der Waals surface area contributed by atoms with E-state index in [1.54, 1.807) is 12.3 Å². The fourth-order valence-electron chi connectivity index (χ4n) is 1.98.